The van der Waals surface area contributed by atoms with Crippen molar-refractivity contribution in [3.05, 3.63) is 0 Å². The molecule has 0 radical (unpaired) electrons. The van der Waals surface area contributed by atoms with Gasteiger partial charge in [-0.15, -0.1) is 0 Å². The zero-order chi connectivity index (χ0) is 21.3. The van der Waals surface area contributed by atoms with Crippen molar-refractivity contribution in [3.63, 3.8) is 0 Å². The standard InChI is InChI=1S/C21H31N5O4/c1-25-8-3-16(4-9-25)30-20(29)26-13-21(5-6-21)11-17(26)19(28)24-15(12-22)10-14-2-7-23-18(14)27/h14-17H,2-11,13H2,1H3,(H,23,27)(H,24,28). The topological polar surface area (TPSA) is 115 Å². The van der Waals surface area contributed by atoms with Gasteiger partial charge in [-0.05, 0) is 57.4 Å². The SMILES string of the molecule is CN1CCC(OC(=O)N2CC3(CC3)CC2C(=O)NC(C#N)CC2CCNC2=O)CC1. The second-order valence-corrected chi connectivity index (χ2v) is 9.44. The first kappa shape index (κ1) is 20.9. The van der Waals surface area contributed by atoms with Crippen molar-refractivity contribution < 1.29 is 19.1 Å². The van der Waals surface area contributed by atoms with E-state index in [-0.39, 0.29) is 29.3 Å². The molecular formula is C21H31N5O4. The maximum absolute atomic E-state index is 13.0. The summed E-state index contributed by atoms with van der Waals surface area (Å²) in [6.07, 6.45) is 4.69. The lowest BCUT2D eigenvalue weighted by Crippen LogP contribution is -2.50. The Bertz CT molecular complexity index is 738. The maximum atomic E-state index is 13.0. The summed E-state index contributed by atoms with van der Waals surface area (Å²) in [5.74, 6) is -0.631. The highest BCUT2D eigenvalue weighted by Gasteiger charge is 2.56. The van der Waals surface area contributed by atoms with Crippen LogP contribution in [0.4, 0.5) is 4.79 Å². The molecule has 1 aliphatic carbocycles. The molecule has 1 saturated carbocycles. The molecule has 3 atom stereocenters. The van der Waals surface area contributed by atoms with E-state index in [0.29, 0.717) is 32.4 Å². The van der Waals surface area contributed by atoms with Crippen LogP contribution < -0.4 is 10.6 Å². The summed E-state index contributed by atoms with van der Waals surface area (Å²) in [6.45, 7) is 2.94. The zero-order valence-corrected chi connectivity index (χ0v) is 17.6. The molecule has 4 rings (SSSR count). The monoisotopic (exact) mass is 417 g/mol. The van der Waals surface area contributed by atoms with E-state index < -0.39 is 18.2 Å². The molecule has 0 aromatic heterocycles. The second kappa shape index (κ2) is 8.42. The van der Waals surface area contributed by atoms with E-state index in [9.17, 15) is 19.6 Å². The van der Waals surface area contributed by atoms with Crippen molar-refractivity contribution in [2.45, 2.75) is 63.1 Å². The van der Waals surface area contributed by atoms with E-state index in [1.165, 1.54) is 0 Å². The van der Waals surface area contributed by atoms with Gasteiger partial charge in [0, 0.05) is 32.1 Å². The lowest BCUT2D eigenvalue weighted by atomic mass is 9.98. The number of nitrogens with zero attached hydrogens (tertiary/aromatic N) is 3. The van der Waals surface area contributed by atoms with Gasteiger partial charge in [0.2, 0.25) is 11.8 Å². The van der Waals surface area contributed by atoms with E-state index in [0.717, 1.165) is 38.8 Å². The Kier molecular flexibility index (Phi) is 5.87. The molecule has 3 aliphatic heterocycles. The molecule has 3 saturated heterocycles. The largest absolute Gasteiger partial charge is 0.446 e. The highest BCUT2D eigenvalue weighted by atomic mass is 16.6. The average molecular weight is 418 g/mol. The summed E-state index contributed by atoms with van der Waals surface area (Å²) in [6, 6.07) is 0.749. The Morgan fingerprint density at radius 1 is 1.33 bits per heavy atom. The number of nitrogens with one attached hydrogen (secondary N) is 2. The van der Waals surface area contributed by atoms with Crippen LogP contribution in [-0.2, 0) is 14.3 Å². The number of hydrogen-bond acceptors (Lipinski definition) is 6. The van der Waals surface area contributed by atoms with E-state index in [4.69, 9.17) is 4.74 Å². The first-order chi connectivity index (χ1) is 14.4. The first-order valence-electron chi connectivity index (χ1n) is 11.0. The fourth-order valence-corrected chi connectivity index (χ4v) is 4.90. The highest BCUT2D eigenvalue weighted by molar-refractivity contribution is 5.87. The maximum Gasteiger partial charge on any atom is 0.410 e. The van der Waals surface area contributed by atoms with Crippen LogP contribution in [0.5, 0.6) is 0 Å². The van der Waals surface area contributed by atoms with Crippen LogP contribution in [-0.4, -0.2) is 79.1 Å². The molecule has 0 aromatic carbocycles. The van der Waals surface area contributed by atoms with Gasteiger partial charge < -0.3 is 20.3 Å². The van der Waals surface area contributed by atoms with Crippen LogP contribution in [0.1, 0.15) is 44.9 Å². The molecule has 2 N–H and O–H groups in total. The lowest BCUT2D eigenvalue weighted by molar-refractivity contribution is -0.127. The van der Waals surface area contributed by atoms with E-state index in [1.807, 2.05) is 0 Å². The van der Waals surface area contributed by atoms with Gasteiger partial charge in [0.1, 0.15) is 18.2 Å². The summed E-state index contributed by atoms with van der Waals surface area (Å²) >= 11 is 0. The number of piperidine rings is 1. The molecule has 0 bridgehead atoms. The molecule has 9 heteroatoms. The molecule has 3 amide bonds. The zero-order valence-electron chi connectivity index (χ0n) is 17.6. The Morgan fingerprint density at radius 3 is 2.67 bits per heavy atom. The number of ether oxygens (including phenoxy) is 1. The Balaban J connectivity index is 1.36. The normalized spacial score (nSPS) is 29.3. The smallest absolute Gasteiger partial charge is 0.410 e. The van der Waals surface area contributed by atoms with Crippen molar-refractivity contribution in [1.29, 1.82) is 5.26 Å². The minimum absolute atomic E-state index is 0.0291. The molecule has 9 nitrogen and oxygen atoms in total. The van der Waals surface area contributed by atoms with Gasteiger partial charge in [-0.25, -0.2) is 4.79 Å². The third-order valence-electron chi connectivity index (χ3n) is 7.09. The summed E-state index contributed by atoms with van der Waals surface area (Å²) in [7, 11) is 2.05. The van der Waals surface area contributed by atoms with Gasteiger partial charge in [-0.1, -0.05) is 0 Å². The number of rotatable bonds is 5. The predicted molar refractivity (Wildman–Crippen MR) is 107 cm³/mol. The van der Waals surface area contributed by atoms with Crippen molar-refractivity contribution >= 4 is 17.9 Å². The number of likely N-dealkylation sites (tertiary alicyclic amines) is 2. The minimum atomic E-state index is -0.742. The molecule has 1 spiro atoms. The van der Waals surface area contributed by atoms with Crippen LogP contribution in [0.2, 0.25) is 0 Å². The summed E-state index contributed by atoms with van der Waals surface area (Å²) in [5, 5.41) is 15.0. The number of amides is 3. The number of nitriles is 1. The molecule has 0 aromatic rings. The van der Waals surface area contributed by atoms with Gasteiger partial charge in [0.25, 0.3) is 0 Å². The second-order valence-electron chi connectivity index (χ2n) is 9.44. The molecule has 3 heterocycles. The molecule has 4 aliphatic rings. The number of carbonyl (C=O) groups is 3. The quantitative estimate of drug-likeness (QED) is 0.677. The third kappa shape index (κ3) is 4.53. The average Bonchev–Trinajstić information content (AvgIpc) is 3.18. The first-order valence-corrected chi connectivity index (χ1v) is 11.0. The van der Waals surface area contributed by atoms with Gasteiger partial charge in [-0.3, -0.25) is 14.5 Å². The fraction of sp³-hybridized carbons (Fsp3) is 0.810. The Morgan fingerprint density at radius 2 is 2.07 bits per heavy atom. The van der Waals surface area contributed by atoms with Crippen molar-refractivity contribution in [3.8, 4) is 6.07 Å². The van der Waals surface area contributed by atoms with E-state index in [2.05, 4.69) is 28.7 Å². The van der Waals surface area contributed by atoms with Crippen LogP contribution in [0, 0.1) is 22.7 Å². The van der Waals surface area contributed by atoms with Crippen molar-refractivity contribution in [1.82, 2.24) is 20.4 Å². The van der Waals surface area contributed by atoms with Crippen molar-refractivity contribution in [2.75, 3.05) is 33.2 Å². The highest BCUT2D eigenvalue weighted by Crippen LogP contribution is 2.55. The van der Waals surface area contributed by atoms with E-state index in [1.54, 1.807) is 4.90 Å². The summed E-state index contributed by atoms with van der Waals surface area (Å²) in [5.41, 5.74) is 0.0291. The van der Waals surface area contributed by atoms with Crippen molar-refractivity contribution in [2.24, 2.45) is 11.3 Å². The van der Waals surface area contributed by atoms with E-state index >= 15 is 0 Å². The minimum Gasteiger partial charge on any atom is -0.446 e. The van der Waals surface area contributed by atoms with Gasteiger partial charge in [-0.2, -0.15) is 5.26 Å². The number of hydrogen-bond donors (Lipinski definition) is 2. The Labute approximate surface area is 177 Å². The number of carbonyl (C=O) groups excluding carboxylic acids is 3. The fourth-order valence-electron chi connectivity index (χ4n) is 4.90. The van der Waals surface area contributed by atoms with Crippen LogP contribution in [0.3, 0.4) is 0 Å². The van der Waals surface area contributed by atoms with Crippen LogP contribution in [0.25, 0.3) is 0 Å². The molecule has 3 unspecified atom stereocenters. The van der Waals surface area contributed by atoms with Crippen LogP contribution >= 0.6 is 0 Å². The summed E-state index contributed by atoms with van der Waals surface area (Å²) in [4.78, 5) is 41.5. The predicted octanol–water partition coefficient (Wildman–Crippen LogP) is 0.606. The molecule has 30 heavy (non-hydrogen) atoms. The van der Waals surface area contributed by atoms with Gasteiger partial charge >= 0.3 is 6.09 Å². The Hall–Kier alpha value is -2.34. The lowest BCUT2D eigenvalue weighted by Gasteiger charge is -2.31. The summed E-state index contributed by atoms with van der Waals surface area (Å²) < 4.78 is 5.74. The van der Waals surface area contributed by atoms with Gasteiger partial charge in [0.05, 0.1) is 6.07 Å². The molecule has 4 fully saturated rings. The van der Waals surface area contributed by atoms with Crippen LogP contribution in [0.15, 0.2) is 0 Å². The third-order valence-corrected chi connectivity index (χ3v) is 7.09. The molecular weight excluding hydrogens is 386 g/mol. The molecule has 164 valence electrons. The van der Waals surface area contributed by atoms with Gasteiger partial charge in [0.15, 0.2) is 0 Å².